The molecule has 0 bridgehead atoms. The number of rotatable bonds is 7. The predicted molar refractivity (Wildman–Crippen MR) is 143 cm³/mol. The van der Waals surface area contributed by atoms with Crippen molar-refractivity contribution in [1.82, 2.24) is 14.8 Å². The van der Waals surface area contributed by atoms with Gasteiger partial charge in [0.25, 0.3) is 0 Å². The van der Waals surface area contributed by atoms with E-state index in [2.05, 4.69) is 55.3 Å². The minimum absolute atomic E-state index is 0.0676. The van der Waals surface area contributed by atoms with Gasteiger partial charge in [0, 0.05) is 56.7 Å². The number of anilines is 2. The second-order valence-corrected chi connectivity index (χ2v) is 9.68. The molecule has 5 rings (SSSR count). The molecule has 1 atom stereocenters. The number of piperidine rings is 1. The van der Waals surface area contributed by atoms with Crippen LogP contribution in [0, 0.1) is 5.92 Å². The van der Waals surface area contributed by atoms with E-state index in [4.69, 9.17) is 0 Å². The van der Waals surface area contributed by atoms with Gasteiger partial charge in [0.2, 0.25) is 5.91 Å². The van der Waals surface area contributed by atoms with E-state index in [1.54, 1.807) is 0 Å². The molecule has 6 heteroatoms. The van der Waals surface area contributed by atoms with Crippen molar-refractivity contribution in [3.63, 3.8) is 0 Å². The van der Waals surface area contributed by atoms with Gasteiger partial charge in [-0.25, -0.2) is 4.98 Å². The van der Waals surface area contributed by atoms with Crippen molar-refractivity contribution in [2.24, 2.45) is 5.92 Å². The Morgan fingerprint density at radius 2 is 1.63 bits per heavy atom. The molecule has 1 aromatic heterocycles. The summed E-state index contributed by atoms with van der Waals surface area (Å²) >= 11 is 0. The number of carbonyl (C=O) groups excluding carboxylic acids is 1. The molecule has 35 heavy (non-hydrogen) atoms. The molecule has 0 saturated carbocycles. The molecular formula is C29H35N5O. The minimum atomic E-state index is 0.0676. The normalized spacial score (nSPS) is 19.4. The Hall–Kier alpha value is -3.22. The Labute approximate surface area is 208 Å². The van der Waals surface area contributed by atoms with E-state index >= 15 is 0 Å². The summed E-state index contributed by atoms with van der Waals surface area (Å²) in [5.74, 6) is 1.77. The number of aromatic nitrogens is 1. The maximum atomic E-state index is 13.0. The number of pyridine rings is 1. The highest BCUT2D eigenvalue weighted by atomic mass is 16.2. The van der Waals surface area contributed by atoms with Crippen LogP contribution in [0.5, 0.6) is 0 Å². The van der Waals surface area contributed by atoms with Crippen molar-refractivity contribution in [2.75, 3.05) is 62.6 Å². The number of benzene rings is 2. The van der Waals surface area contributed by atoms with E-state index in [1.807, 2.05) is 48.7 Å². The summed E-state index contributed by atoms with van der Waals surface area (Å²) in [5, 5.41) is 3.17. The van der Waals surface area contributed by atoms with Gasteiger partial charge in [0.05, 0.1) is 6.54 Å². The Morgan fingerprint density at radius 1 is 0.857 bits per heavy atom. The molecule has 3 heterocycles. The number of hydrogen-bond donors (Lipinski definition) is 1. The lowest BCUT2D eigenvalue weighted by molar-refractivity contribution is -0.117. The first-order chi connectivity index (χ1) is 17.2. The van der Waals surface area contributed by atoms with E-state index in [0.29, 0.717) is 12.5 Å². The number of nitrogens with one attached hydrogen (secondary N) is 1. The van der Waals surface area contributed by atoms with Crippen molar-refractivity contribution in [3.05, 3.63) is 79.0 Å². The molecule has 1 amide bonds. The lowest BCUT2D eigenvalue weighted by atomic mass is 9.97. The third-order valence-electron chi connectivity index (χ3n) is 7.12. The molecule has 0 aliphatic carbocycles. The van der Waals surface area contributed by atoms with Crippen LogP contribution in [0.4, 0.5) is 11.5 Å². The fraction of sp³-hybridized carbons (Fsp3) is 0.379. The predicted octanol–water partition coefficient (Wildman–Crippen LogP) is 4.22. The third-order valence-corrected chi connectivity index (χ3v) is 7.12. The fourth-order valence-corrected chi connectivity index (χ4v) is 5.36. The topological polar surface area (TPSA) is 51.7 Å². The van der Waals surface area contributed by atoms with E-state index in [-0.39, 0.29) is 5.91 Å². The van der Waals surface area contributed by atoms with Crippen LogP contribution < -0.4 is 10.2 Å². The van der Waals surface area contributed by atoms with Gasteiger partial charge in [0.15, 0.2) is 0 Å². The molecule has 2 fully saturated rings. The summed E-state index contributed by atoms with van der Waals surface area (Å²) < 4.78 is 0. The van der Waals surface area contributed by atoms with E-state index in [0.717, 1.165) is 74.9 Å². The van der Waals surface area contributed by atoms with Crippen LogP contribution >= 0.6 is 0 Å². The van der Waals surface area contributed by atoms with Gasteiger partial charge in [-0.3, -0.25) is 14.6 Å². The van der Waals surface area contributed by atoms with Crippen molar-refractivity contribution < 1.29 is 4.79 Å². The highest BCUT2D eigenvalue weighted by Gasteiger charge is 2.26. The second kappa shape index (κ2) is 11.5. The lowest BCUT2D eigenvalue weighted by Gasteiger charge is -2.39. The van der Waals surface area contributed by atoms with Crippen LogP contribution in [0.2, 0.25) is 0 Å². The molecule has 2 aliphatic heterocycles. The zero-order chi connectivity index (χ0) is 23.9. The second-order valence-electron chi connectivity index (χ2n) is 9.68. The minimum Gasteiger partial charge on any atom is -0.354 e. The fourth-order valence-electron chi connectivity index (χ4n) is 5.36. The maximum Gasteiger partial charge on any atom is 0.238 e. The Morgan fingerprint density at radius 3 is 2.43 bits per heavy atom. The van der Waals surface area contributed by atoms with Gasteiger partial charge in [-0.1, -0.05) is 54.6 Å². The number of para-hydroxylation sites is 1. The molecule has 182 valence electrons. The molecule has 0 unspecified atom stereocenters. The maximum absolute atomic E-state index is 13.0. The van der Waals surface area contributed by atoms with Gasteiger partial charge in [-0.2, -0.15) is 0 Å². The van der Waals surface area contributed by atoms with Crippen molar-refractivity contribution >= 4 is 17.4 Å². The molecule has 3 aromatic rings. The molecule has 2 saturated heterocycles. The van der Waals surface area contributed by atoms with Crippen molar-refractivity contribution in [1.29, 1.82) is 0 Å². The van der Waals surface area contributed by atoms with Crippen LogP contribution in [0.25, 0.3) is 11.1 Å². The summed E-state index contributed by atoms with van der Waals surface area (Å²) in [6.07, 6.45) is 4.27. The van der Waals surface area contributed by atoms with Gasteiger partial charge >= 0.3 is 0 Å². The summed E-state index contributed by atoms with van der Waals surface area (Å²) in [4.78, 5) is 24.7. The molecule has 2 aliphatic rings. The largest absolute Gasteiger partial charge is 0.354 e. The highest BCUT2D eigenvalue weighted by molar-refractivity contribution is 5.96. The molecule has 0 spiro atoms. The number of piperazine rings is 1. The van der Waals surface area contributed by atoms with E-state index in [1.165, 1.54) is 6.42 Å². The summed E-state index contributed by atoms with van der Waals surface area (Å²) in [7, 11) is 0. The molecule has 1 N–H and O–H groups in total. The zero-order valence-electron chi connectivity index (χ0n) is 20.4. The summed E-state index contributed by atoms with van der Waals surface area (Å²) in [6.45, 7) is 7.75. The van der Waals surface area contributed by atoms with Crippen LogP contribution in [0.1, 0.15) is 12.8 Å². The quantitative estimate of drug-likeness (QED) is 0.562. The van der Waals surface area contributed by atoms with Crippen LogP contribution in [-0.4, -0.2) is 73.0 Å². The van der Waals surface area contributed by atoms with Gasteiger partial charge < -0.3 is 10.2 Å². The smallest absolute Gasteiger partial charge is 0.238 e. The van der Waals surface area contributed by atoms with Gasteiger partial charge in [-0.05, 0) is 49.1 Å². The van der Waals surface area contributed by atoms with Crippen LogP contribution in [-0.2, 0) is 4.79 Å². The number of nitrogens with zero attached hydrogens (tertiary/aromatic N) is 4. The SMILES string of the molecule is O=C(CN1CCC[C@H](CN2CCN(c3ccccn3)CC2)C1)Nc1ccccc1-c1ccccc1. The monoisotopic (exact) mass is 469 g/mol. The Bertz CT molecular complexity index is 1080. The molecule has 6 nitrogen and oxygen atoms in total. The molecule has 2 aromatic carbocycles. The average molecular weight is 470 g/mol. The lowest BCUT2D eigenvalue weighted by Crippen LogP contribution is -2.50. The number of likely N-dealkylation sites (tertiary alicyclic amines) is 1. The summed E-state index contributed by atoms with van der Waals surface area (Å²) in [5.41, 5.74) is 3.05. The Kier molecular flexibility index (Phi) is 7.71. The number of amides is 1. The first-order valence-corrected chi connectivity index (χ1v) is 12.8. The van der Waals surface area contributed by atoms with Crippen LogP contribution in [0.3, 0.4) is 0 Å². The zero-order valence-corrected chi connectivity index (χ0v) is 20.4. The van der Waals surface area contributed by atoms with Crippen LogP contribution in [0.15, 0.2) is 79.0 Å². The van der Waals surface area contributed by atoms with Crippen molar-refractivity contribution in [3.8, 4) is 11.1 Å². The van der Waals surface area contributed by atoms with Gasteiger partial charge in [-0.15, -0.1) is 0 Å². The first-order valence-electron chi connectivity index (χ1n) is 12.8. The highest BCUT2D eigenvalue weighted by Crippen LogP contribution is 2.27. The third kappa shape index (κ3) is 6.27. The summed E-state index contributed by atoms with van der Waals surface area (Å²) in [6, 6.07) is 24.4. The van der Waals surface area contributed by atoms with E-state index < -0.39 is 0 Å². The van der Waals surface area contributed by atoms with Gasteiger partial charge in [0.1, 0.15) is 5.82 Å². The number of carbonyl (C=O) groups is 1. The molecular weight excluding hydrogens is 434 g/mol. The van der Waals surface area contributed by atoms with Crippen molar-refractivity contribution in [2.45, 2.75) is 12.8 Å². The average Bonchev–Trinajstić information content (AvgIpc) is 2.91. The standard InChI is InChI=1S/C29H35N5O/c35-29(31-27-13-5-4-12-26(27)25-10-2-1-3-11-25)23-33-16-8-9-24(22-33)21-32-17-19-34(20-18-32)28-14-6-7-15-30-28/h1-7,10-15,24H,8-9,16-23H2,(H,31,35)/t24-/m1/s1. The Balaban J connectivity index is 1.11. The number of hydrogen-bond acceptors (Lipinski definition) is 5. The molecule has 0 radical (unpaired) electrons. The van der Waals surface area contributed by atoms with E-state index in [9.17, 15) is 4.79 Å². The first kappa shape index (κ1) is 23.5.